The van der Waals surface area contributed by atoms with Gasteiger partial charge in [0.05, 0.1) is 12.6 Å². The van der Waals surface area contributed by atoms with Crippen LogP contribution in [-0.4, -0.2) is 45.4 Å². The third-order valence-corrected chi connectivity index (χ3v) is 3.33. The van der Waals surface area contributed by atoms with Gasteiger partial charge in [-0.05, 0) is 37.1 Å². The summed E-state index contributed by atoms with van der Waals surface area (Å²) in [5.74, 6) is -0.0266. The number of amides is 1. The Morgan fingerprint density at radius 2 is 2.10 bits per heavy atom. The zero-order valence-electron chi connectivity index (χ0n) is 12.4. The van der Waals surface area contributed by atoms with E-state index in [0.29, 0.717) is 25.1 Å². The highest BCUT2D eigenvalue weighted by Crippen LogP contribution is 2.09. The summed E-state index contributed by atoms with van der Waals surface area (Å²) in [6.07, 6.45) is 3.84. The molecule has 1 aromatic carbocycles. The highest BCUT2D eigenvalue weighted by atomic mass is 16.3. The van der Waals surface area contributed by atoms with E-state index < -0.39 is 6.10 Å². The monoisotopic (exact) mass is 287 g/mol. The lowest BCUT2D eigenvalue weighted by atomic mass is 10.1. The van der Waals surface area contributed by atoms with E-state index in [1.807, 2.05) is 41.2 Å². The van der Waals surface area contributed by atoms with Crippen LogP contribution in [0.25, 0.3) is 0 Å². The minimum atomic E-state index is -0.392. The van der Waals surface area contributed by atoms with Crippen molar-refractivity contribution in [2.45, 2.75) is 26.0 Å². The molecule has 0 aliphatic heterocycles. The molecule has 0 fully saturated rings. The predicted octanol–water partition coefficient (Wildman–Crippen LogP) is 1.77. The molecule has 2 rings (SSSR count). The molecule has 5 nitrogen and oxygen atoms in total. The number of rotatable bonds is 6. The molecule has 21 heavy (non-hydrogen) atoms. The van der Waals surface area contributed by atoms with E-state index in [9.17, 15) is 9.90 Å². The zero-order chi connectivity index (χ0) is 15.2. The topological polar surface area (TPSA) is 58.4 Å². The van der Waals surface area contributed by atoms with Gasteiger partial charge in [0.1, 0.15) is 0 Å². The lowest BCUT2D eigenvalue weighted by Crippen LogP contribution is -2.29. The van der Waals surface area contributed by atoms with Gasteiger partial charge < -0.3 is 10.0 Å². The molecule has 0 bridgehead atoms. The first-order valence-electron chi connectivity index (χ1n) is 7.06. The van der Waals surface area contributed by atoms with Gasteiger partial charge in [-0.3, -0.25) is 9.48 Å². The summed E-state index contributed by atoms with van der Waals surface area (Å²) in [5, 5.41) is 13.4. The van der Waals surface area contributed by atoms with E-state index in [1.165, 1.54) is 0 Å². The zero-order valence-corrected chi connectivity index (χ0v) is 12.4. The van der Waals surface area contributed by atoms with Gasteiger partial charge in [0.25, 0.3) is 5.91 Å². The van der Waals surface area contributed by atoms with Crippen LogP contribution < -0.4 is 0 Å². The molecule has 1 amide bonds. The second-order valence-electron chi connectivity index (χ2n) is 5.26. The van der Waals surface area contributed by atoms with Gasteiger partial charge in [-0.1, -0.05) is 12.1 Å². The maximum Gasteiger partial charge on any atom is 0.253 e. The standard InChI is InChI=1S/C16H21N3O2/c1-13(20)8-11-18(2)16(21)15-6-4-14(5-7-15)12-19-10-3-9-17-19/h3-7,9-10,13,20H,8,11-12H2,1-2H3. The molecule has 1 atom stereocenters. The fraction of sp³-hybridized carbons (Fsp3) is 0.375. The van der Waals surface area contributed by atoms with Crippen molar-refractivity contribution in [3.8, 4) is 0 Å². The molecule has 1 heterocycles. The van der Waals surface area contributed by atoms with Crippen molar-refractivity contribution in [2.75, 3.05) is 13.6 Å². The van der Waals surface area contributed by atoms with Crippen LogP contribution in [0.4, 0.5) is 0 Å². The summed E-state index contributed by atoms with van der Waals surface area (Å²) in [6.45, 7) is 2.97. The van der Waals surface area contributed by atoms with Crippen LogP contribution in [0.1, 0.15) is 29.3 Å². The van der Waals surface area contributed by atoms with Crippen molar-refractivity contribution in [1.82, 2.24) is 14.7 Å². The first kappa shape index (κ1) is 15.3. The Kier molecular flexibility index (Phi) is 5.11. The molecular weight excluding hydrogens is 266 g/mol. The highest BCUT2D eigenvalue weighted by Gasteiger charge is 2.12. The summed E-state index contributed by atoms with van der Waals surface area (Å²) in [5.41, 5.74) is 1.76. The fourth-order valence-electron chi connectivity index (χ4n) is 2.04. The van der Waals surface area contributed by atoms with E-state index in [2.05, 4.69) is 5.10 Å². The molecule has 1 unspecified atom stereocenters. The summed E-state index contributed by atoms with van der Waals surface area (Å²) in [4.78, 5) is 13.8. The number of hydrogen-bond acceptors (Lipinski definition) is 3. The number of aromatic nitrogens is 2. The molecule has 1 aromatic heterocycles. The second-order valence-corrected chi connectivity index (χ2v) is 5.26. The van der Waals surface area contributed by atoms with Gasteiger partial charge in [0, 0.05) is 31.5 Å². The van der Waals surface area contributed by atoms with Crippen LogP contribution in [0.15, 0.2) is 42.7 Å². The molecule has 0 saturated carbocycles. The van der Waals surface area contributed by atoms with Crippen LogP contribution in [0, 0.1) is 0 Å². The van der Waals surface area contributed by atoms with Crippen LogP contribution in [0.2, 0.25) is 0 Å². The first-order valence-corrected chi connectivity index (χ1v) is 7.06. The van der Waals surface area contributed by atoms with E-state index in [-0.39, 0.29) is 5.91 Å². The second kappa shape index (κ2) is 7.04. The van der Waals surface area contributed by atoms with E-state index in [1.54, 1.807) is 25.1 Å². The third kappa shape index (κ3) is 4.43. The van der Waals surface area contributed by atoms with Crippen molar-refractivity contribution in [1.29, 1.82) is 0 Å². The molecule has 1 N–H and O–H groups in total. The van der Waals surface area contributed by atoms with Crippen molar-refractivity contribution in [2.24, 2.45) is 0 Å². The van der Waals surface area contributed by atoms with Gasteiger partial charge in [-0.2, -0.15) is 5.10 Å². The fourth-order valence-corrected chi connectivity index (χ4v) is 2.04. The molecule has 0 radical (unpaired) electrons. The molecule has 0 spiro atoms. The molecule has 0 aliphatic carbocycles. The summed E-state index contributed by atoms with van der Waals surface area (Å²) < 4.78 is 1.84. The SMILES string of the molecule is CC(O)CCN(C)C(=O)c1ccc(Cn2cccn2)cc1. The quantitative estimate of drug-likeness (QED) is 0.881. The smallest absolute Gasteiger partial charge is 0.253 e. The molecule has 112 valence electrons. The Hall–Kier alpha value is -2.14. The van der Waals surface area contributed by atoms with E-state index >= 15 is 0 Å². The van der Waals surface area contributed by atoms with E-state index in [4.69, 9.17) is 0 Å². The molecular formula is C16H21N3O2. The van der Waals surface area contributed by atoms with Crippen molar-refractivity contribution >= 4 is 5.91 Å². The molecule has 0 aliphatic rings. The number of aliphatic hydroxyl groups is 1. The molecule has 5 heteroatoms. The van der Waals surface area contributed by atoms with Gasteiger partial charge >= 0.3 is 0 Å². The number of benzene rings is 1. The minimum Gasteiger partial charge on any atom is -0.393 e. The largest absolute Gasteiger partial charge is 0.393 e. The number of aliphatic hydroxyl groups excluding tert-OH is 1. The number of nitrogens with zero attached hydrogens (tertiary/aromatic N) is 3. The van der Waals surface area contributed by atoms with Crippen LogP contribution in [0.5, 0.6) is 0 Å². The Morgan fingerprint density at radius 1 is 1.38 bits per heavy atom. The normalized spacial score (nSPS) is 12.1. The van der Waals surface area contributed by atoms with Crippen molar-refractivity contribution in [3.05, 3.63) is 53.9 Å². The first-order chi connectivity index (χ1) is 10.1. The summed E-state index contributed by atoms with van der Waals surface area (Å²) in [7, 11) is 1.75. The van der Waals surface area contributed by atoms with E-state index in [0.717, 1.165) is 5.56 Å². The number of hydrogen-bond donors (Lipinski definition) is 1. The van der Waals surface area contributed by atoms with Crippen LogP contribution in [-0.2, 0) is 6.54 Å². The predicted molar refractivity (Wildman–Crippen MR) is 81.0 cm³/mol. The highest BCUT2D eigenvalue weighted by molar-refractivity contribution is 5.94. The molecule has 2 aromatic rings. The third-order valence-electron chi connectivity index (χ3n) is 3.33. The minimum absolute atomic E-state index is 0.0266. The Bertz CT molecular complexity index is 562. The molecule has 0 saturated heterocycles. The van der Waals surface area contributed by atoms with Gasteiger partial charge in [0.15, 0.2) is 0 Å². The van der Waals surface area contributed by atoms with Crippen LogP contribution >= 0.6 is 0 Å². The van der Waals surface area contributed by atoms with Gasteiger partial charge in [0.2, 0.25) is 0 Å². The van der Waals surface area contributed by atoms with Gasteiger partial charge in [-0.25, -0.2) is 0 Å². The lowest BCUT2D eigenvalue weighted by molar-refractivity contribution is 0.0769. The van der Waals surface area contributed by atoms with Crippen molar-refractivity contribution in [3.63, 3.8) is 0 Å². The Balaban J connectivity index is 1.96. The van der Waals surface area contributed by atoms with Crippen molar-refractivity contribution < 1.29 is 9.90 Å². The Morgan fingerprint density at radius 3 is 2.67 bits per heavy atom. The summed E-state index contributed by atoms with van der Waals surface area (Å²) >= 11 is 0. The Labute approximate surface area is 124 Å². The number of carbonyl (C=O) groups excluding carboxylic acids is 1. The van der Waals surface area contributed by atoms with Crippen LogP contribution in [0.3, 0.4) is 0 Å². The maximum atomic E-state index is 12.2. The lowest BCUT2D eigenvalue weighted by Gasteiger charge is -2.18. The summed E-state index contributed by atoms with van der Waals surface area (Å²) in [6, 6.07) is 9.43. The van der Waals surface area contributed by atoms with Gasteiger partial charge in [-0.15, -0.1) is 0 Å². The maximum absolute atomic E-state index is 12.2. The average Bonchev–Trinajstić information content (AvgIpc) is 2.97. The number of carbonyl (C=O) groups is 1. The average molecular weight is 287 g/mol.